The second-order valence-corrected chi connectivity index (χ2v) is 13.8. The lowest BCUT2D eigenvalue weighted by molar-refractivity contribution is -0.144. The molecule has 2 aromatic rings. The number of nitrogens with one attached hydrogen (secondary N) is 2. The minimum Gasteiger partial charge on any atom is -0.454 e. The van der Waals surface area contributed by atoms with E-state index in [4.69, 9.17) is 21.3 Å². The average molecular weight is 696 g/mol. The number of para-hydroxylation sites is 2. The van der Waals surface area contributed by atoms with Crippen LogP contribution in [-0.2, 0) is 14.4 Å². The van der Waals surface area contributed by atoms with Gasteiger partial charge in [-0.1, -0.05) is 36.6 Å². The highest BCUT2D eigenvalue weighted by molar-refractivity contribution is 7.80. The van der Waals surface area contributed by atoms with Gasteiger partial charge in [0.15, 0.2) is 5.75 Å². The number of hydrogen-bond donors (Lipinski definition) is 3. The highest BCUT2D eigenvalue weighted by Crippen LogP contribution is 2.39. The Morgan fingerprint density at radius 1 is 0.854 bits per heavy atom. The van der Waals surface area contributed by atoms with Gasteiger partial charge in [0.1, 0.15) is 17.3 Å². The number of fused-ring (bicyclic) bond motifs is 2. The Morgan fingerprint density at radius 3 is 2.35 bits per heavy atom. The molecule has 0 spiro atoms. The van der Waals surface area contributed by atoms with Crippen molar-refractivity contribution < 1.29 is 19.1 Å². The standard InChI is InChI=1S/C35H46ClN7O4S/c36-25-9-10-30-28(23-25)33(39-29-7-3-4-8-31(29)47-30)42-18-20-43(21-19-42)35(46)27-6-2-1-5-26(27)34(45)38-11-13-40-14-16-41(17-15-40)24-32(44)37-12-22-48/h3-4,7-10,23,26-27,48H,1-2,5-6,11-22,24H2,(H,37,44)(H,38,45)/t26-,27+/m1/s1. The van der Waals surface area contributed by atoms with Crippen molar-refractivity contribution in [3.8, 4) is 11.5 Å². The van der Waals surface area contributed by atoms with Crippen LogP contribution in [0.3, 0.4) is 0 Å². The summed E-state index contributed by atoms with van der Waals surface area (Å²) < 4.78 is 6.22. The molecule has 258 valence electrons. The quantitative estimate of drug-likeness (QED) is 0.346. The van der Waals surface area contributed by atoms with Crippen LogP contribution in [0, 0.1) is 11.8 Å². The summed E-state index contributed by atoms with van der Waals surface area (Å²) in [5, 5.41) is 6.62. The molecule has 48 heavy (non-hydrogen) atoms. The second kappa shape index (κ2) is 16.4. The maximum Gasteiger partial charge on any atom is 0.234 e. The zero-order chi connectivity index (χ0) is 33.5. The first-order valence-corrected chi connectivity index (χ1v) is 18.2. The summed E-state index contributed by atoms with van der Waals surface area (Å²) in [5.41, 5.74) is 1.58. The Labute approximate surface area is 293 Å². The van der Waals surface area contributed by atoms with E-state index in [1.807, 2.05) is 47.4 Å². The van der Waals surface area contributed by atoms with Crippen LogP contribution in [0.15, 0.2) is 47.5 Å². The molecule has 0 aromatic heterocycles. The fourth-order valence-electron chi connectivity index (χ4n) is 7.14. The maximum atomic E-state index is 13.9. The molecule has 1 aliphatic carbocycles. The molecule has 2 N–H and O–H groups in total. The molecule has 3 aliphatic heterocycles. The number of carbonyl (C=O) groups excluding carboxylic acids is 3. The van der Waals surface area contributed by atoms with Gasteiger partial charge in [0.2, 0.25) is 17.7 Å². The minimum atomic E-state index is -0.300. The number of amidine groups is 1. The van der Waals surface area contributed by atoms with Crippen LogP contribution in [0.5, 0.6) is 11.5 Å². The van der Waals surface area contributed by atoms with Gasteiger partial charge in [0.25, 0.3) is 0 Å². The van der Waals surface area contributed by atoms with E-state index in [9.17, 15) is 14.4 Å². The number of nitrogens with zero attached hydrogens (tertiary/aromatic N) is 5. The molecule has 0 unspecified atom stereocenters. The fraction of sp³-hybridized carbons (Fsp3) is 0.543. The zero-order valence-corrected chi connectivity index (χ0v) is 29.1. The molecule has 13 heteroatoms. The molecule has 2 saturated heterocycles. The highest BCUT2D eigenvalue weighted by atomic mass is 35.5. The number of carbonyl (C=O) groups is 3. The SMILES string of the molecule is O=C(CN1CCN(CCNC(=O)[C@@H]2CCCC[C@@H]2C(=O)N2CCN(C3=Nc4ccccc4Oc4ccc(Cl)cc43)CC2)CC1)NCCS. The Bertz CT molecular complexity index is 1490. The van der Waals surface area contributed by atoms with Crippen molar-refractivity contribution in [1.82, 2.24) is 30.2 Å². The molecule has 0 bridgehead atoms. The summed E-state index contributed by atoms with van der Waals surface area (Å²) in [6.45, 7) is 8.02. The van der Waals surface area contributed by atoms with Crippen molar-refractivity contribution in [1.29, 1.82) is 0 Å². The minimum absolute atomic E-state index is 0.00820. The normalized spacial score (nSPS) is 21.7. The molecule has 1 saturated carbocycles. The van der Waals surface area contributed by atoms with E-state index in [1.165, 1.54) is 0 Å². The summed E-state index contributed by atoms with van der Waals surface area (Å²) in [6.07, 6.45) is 3.41. The number of aliphatic imine (C=N–C) groups is 1. The van der Waals surface area contributed by atoms with E-state index >= 15 is 0 Å². The van der Waals surface area contributed by atoms with Gasteiger partial charge < -0.3 is 25.2 Å². The smallest absolute Gasteiger partial charge is 0.234 e. The van der Waals surface area contributed by atoms with Crippen LogP contribution in [0.4, 0.5) is 5.69 Å². The first-order chi connectivity index (χ1) is 23.4. The Balaban J connectivity index is 1.00. The molecule has 3 fully saturated rings. The number of hydrogen-bond acceptors (Lipinski definition) is 9. The number of piperazine rings is 2. The van der Waals surface area contributed by atoms with E-state index in [0.717, 1.165) is 75.5 Å². The topological polar surface area (TPSA) is 110 Å². The summed E-state index contributed by atoms with van der Waals surface area (Å²) in [7, 11) is 0. The van der Waals surface area contributed by atoms with Crippen molar-refractivity contribution in [2.75, 3.05) is 84.3 Å². The van der Waals surface area contributed by atoms with Crippen molar-refractivity contribution in [2.24, 2.45) is 16.8 Å². The molecule has 2 aromatic carbocycles. The number of halogens is 1. The number of rotatable bonds is 9. The lowest BCUT2D eigenvalue weighted by atomic mass is 9.77. The first-order valence-electron chi connectivity index (χ1n) is 17.2. The number of amides is 3. The average Bonchev–Trinajstić information content (AvgIpc) is 3.28. The summed E-state index contributed by atoms with van der Waals surface area (Å²) in [6, 6.07) is 13.3. The van der Waals surface area contributed by atoms with E-state index in [0.29, 0.717) is 68.1 Å². The molecular formula is C35H46ClN7O4S. The fourth-order valence-corrected chi connectivity index (χ4v) is 7.43. The largest absolute Gasteiger partial charge is 0.454 e. The molecule has 11 nitrogen and oxygen atoms in total. The lowest BCUT2D eigenvalue weighted by Gasteiger charge is -2.40. The molecule has 3 amide bonds. The van der Waals surface area contributed by atoms with Crippen molar-refractivity contribution in [2.45, 2.75) is 25.7 Å². The second-order valence-electron chi connectivity index (χ2n) is 12.9. The zero-order valence-electron chi connectivity index (χ0n) is 27.4. The van der Waals surface area contributed by atoms with Crippen molar-refractivity contribution in [3.63, 3.8) is 0 Å². The summed E-state index contributed by atoms with van der Waals surface area (Å²) in [5.74, 6) is 2.33. The van der Waals surface area contributed by atoms with Gasteiger partial charge in [-0.2, -0.15) is 12.6 Å². The van der Waals surface area contributed by atoms with Gasteiger partial charge >= 0.3 is 0 Å². The van der Waals surface area contributed by atoms with E-state index < -0.39 is 0 Å². The highest BCUT2D eigenvalue weighted by Gasteiger charge is 2.39. The number of ether oxygens (including phenoxy) is 1. The van der Waals surface area contributed by atoms with Crippen LogP contribution >= 0.6 is 24.2 Å². The Kier molecular flexibility index (Phi) is 11.8. The van der Waals surface area contributed by atoms with Gasteiger partial charge in [0.05, 0.1) is 12.1 Å². The monoisotopic (exact) mass is 695 g/mol. The van der Waals surface area contributed by atoms with Crippen LogP contribution in [0.2, 0.25) is 5.02 Å². The van der Waals surface area contributed by atoms with Crippen LogP contribution < -0.4 is 15.4 Å². The van der Waals surface area contributed by atoms with Gasteiger partial charge in [-0.25, -0.2) is 4.99 Å². The molecule has 0 radical (unpaired) electrons. The van der Waals surface area contributed by atoms with Gasteiger partial charge in [-0.05, 0) is 43.2 Å². The van der Waals surface area contributed by atoms with Crippen LogP contribution in [-0.4, -0.2) is 127 Å². The van der Waals surface area contributed by atoms with Gasteiger partial charge in [-0.3, -0.25) is 24.2 Å². The molecule has 6 rings (SSSR count). The molecule has 4 aliphatic rings. The van der Waals surface area contributed by atoms with Crippen molar-refractivity contribution >= 4 is 53.5 Å². The molecule has 3 heterocycles. The van der Waals surface area contributed by atoms with E-state index in [-0.39, 0.29) is 29.6 Å². The maximum absolute atomic E-state index is 13.9. The van der Waals surface area contributed by atoms with Gasteiger partial charge in [-0.15, -0.1) is 0 Å². The predicted octanol–water partition coefficient (Wildman–Crippen LogP) is 3.25. The summed E-state index contributed by atoms with van der Waals surface area (Å²) >= 11 is 10.5. The Hall–Kier alpha value is -3.32. The number of thiol groups is 1. The molecular weight excluding hydrogens is 650 g/mol. The van der Waals surface area contributed by atoms with Gasteiger partial charge in [0, 0.05) is 94.6 Å². The predicted molar refractivity (Wildman–Crippen MR) is 191 cm³/mol. The van der Waals surface area contributed by atoms with E-state index in [1.54, 1.807) is 0 Å². The van der Waals surface area contributed by atoms with Crippen LogP contribution in [0.1, 0.15) is 31.2 Å². The first kappa shape index (κ1) is 34.5. The van der Waals surface area contributed by atoms with Crippen LogP contribution in [0.25, 0.3) is 0 Å². The Morgan fingerprint density at radius 2 is 1.58 bits per heavy atom. The third kappa shape index (κ3) is 8.45. The van der Waals surface area contributed by atoms with E-state index in [2.05, 4.69) is 38.0 Å². The third-order valence-corrected chi connectivity index (χ3v) is 10.3. The third-order valence-electron chi connectivity index (χ3n) is 9.80. The van der Waals surface area contributed by atoms with Crippen molar-refractivity contribution in [3.05, 3.63) is 53.1 Å². The number of benzene rings is 2. The summed E-state index contributed by atoms with van der Waals surface area (Å²) in [4.78, 5) is 53.0. The molecule has 2 atom stereocenters. The lowest BCUT2D eigenvalue weighted by Crippen LogP contribution is -2.54.